The Morgan fingerprint density at radius 3 is 2.59 bits per heavy atom. The van der Waals surface area contributed by atoms with E-state index in [0.29, 0.717) is 11.3 Å². The van der Waals surface area contributed by atoms with E-state index in [-0.39, 0.29) is 17.5 Å². The minimum Gasteiger partial charge on any atom is -0.459 e. The summed E-state index contributed by atoms with van der Waals surface area (Å²) in [5.74, 6) is -1.01. The standard InChI is InChI=1S/C26H24N4O2/c1-15(2)32-26(31)24-23(21(14-27)16(3)30-25(24)28)19-11-12-29-22-10-9-18(13-20(19)22)17-7-5-4-6-8-17/h4-13,15,23,30H,28H2,1-3H3/t23-/m1/s1. The van der Waals surface area contributed by atoms with Crippen LogP contribution in [0.15, 0.2) is 83.5 Å². The number of hydrogen-bond acceptors (Lipinski definition) is 6. The smallest absolute Gasteiger partial charge is 0.338 e. The molecule has 1 aliphatic rings. The fourth-order valence-corrected chi connectivity index (χ4v) is 4.05. The number of fused-ring (bicyclic) bond motifs is 1. The highest BCUT2D eigenvalue weighted by Gasteiger charge is 2.36. The summed E-state index contributed by atoms with van der Waals surface area (Å²) in [5, 5.41) is 13.8. The van der Waals surface area contributed by atoms with Crippen molar-refractivity contribution in [2.45, 2.75) is 32.8 Å². The Balaban J connectivity index is 1.95. The van der Waals surface area contributed by atoms with Crippen molar-refractivity contribution in [1.82, 2.24) is 10.3 Å². The number of ether oxygens (including phenoxy) is 1. The van der Waals surface area contributed by atoms with Gasteiger partial charge in [-0.3, -0.25) is 4.98 Å². The molecule has 1 atom stereocenters. The molecule has 4 rings (SSSR count). The molecule has 160 valence electrons. The number of allylic oxidation sites excluding steroid dienone is 2. The van der Waals surface area contributed by atoms with Gasteiger partial charge in [0.05, 0.1) is 34.8 Å². The van der Waals surface area contributed by atoms with E-state index in [1.807, 2.05) is 54.6 Å². The molecule has 0 saturated carbocycles. The average Bonchev–Trinajstić information content (AvgIpc) is 2.78. The van der Waals surface area contributed by atoms with Crippen molar-refractivity contribution in [2.75, 3.05) is 0 Å². The van der Waals surface area contributed by atoms with Crippen LogP contribution in [0.3, 0.4) is 0 Å². The lowest BCUT2D eigenvalue weighted by molar-refractivity contribution is -0.143. The topological polar surface area (TPSA) is 101 Å². The number of dihydropyridines is 1. The third kappa shape index (κ3) is 3.81. The average molecular weight is 425 g/mol. The minimum absolute atomic E-state index is 0.196. The van der Waals surface area contributed by atoms with Gasteiger partial charge in [0, 0.05) is 17.3 Å². The van der Waals surface area contributed by atoms with Gasteiger partial charge in [0.2, 0.25) is 0 Å². The van der Waals surface area contributed by atoms with Crippen molar-refractivity contribution in [3.8, 4) is 17.2 Å². The molecule has 0 spiro atoms. The molecule has 0 radical (unpaired) electrons. The monoisotopic (exact) mass is 424 g/mol. The summed E-state index contributed by atoms with van der Waals surface area (Å²) in [5.41, 5.74) is 11.2. The number of pyridine rings is 1. The number of rotatable bonds is 4. The van der Waals surface area contributed by atoms with Crippen molar-refractivity contribution in [3.63, 3.8) is 0 Å². The molecule has 0 fully saturated rings. The van der Waals surface area contributed by atoms with Crippen LogP contribution in [0.1, 0.15) is 32.3 Å². The second kappa shape index (κ2) is 8.56. The number of nitriles is 1. The third-order valence-electron chi connectivity index (χ3n) is 5.47. The number of nitrogens with two attached hydrogens (primary N) is 1. The number of nitrogens with zero attached hydrogens (tertiary/aromatic N) is 2. The van der Waals surface area contributed by atoms with Gasteiger partial charge in [0.25, 0.3) is 0 Å². The summed E-state index contributed by atoms with van der Waals surface area (Å²) in [7, 11) is 0. The van der Waals surface area contributed by atoms with Gasteiger partial charge in [-0.15, -0.1) is 0 Å². The number of benzene rings is 2. The minimum atomic E-state index is -0.663. The third-order valence-corrected chi connectivity index (χ3v) is 5.47. The number of aromatic nitrogens is 1. The number of carbonyl (C=O) groups is 1. The van der Waals surface area contributed by atoms with Crippen molar-refractivity contribution in [1.29, 1.82) is 5.26 Å². The van der Waals surface area contributed by atoms with Crippen molar-refractivity contribution < 1.29 is 9.53 Å². The summed E-state index contributed by atoms with van der Waals surface area (Å²) >= 11 is 0. The molecule has 0 aliphatic carbocycles. The van der Waals surface area contributed by atoms with E-state index in [0.717, 1.165) is 27.6 Å². The number of esters is 1. The fraction of sp³-hybridized carbons (Fsp3) is 0.192. The molecule has 2 heterocycles. The van der Waals surface area contributed by atoms with Crippen molar-refractivity contribution >= 4 is 16.9 Å². The Kier molecular flexibility index (Phi) is 5.65. The van der Waals surface area contributed by atoms with Crippen LogP contribution in [0.25, 0.3) is 22.0 Å². The Morgan fingerprint density at radius 2 is 1.91 bits per heavy atom. The summed E-state index contributed by atoms with van der Waals surface area (Å²) < 4.78 is 5.48. The maximum Gasteiger partial charge on any atom is 0.338 e. The lowest BCUT2D eigenvalue weighted by atomic mass is 9.80. The highest BCUT2D eigenvalue weighted by Crippen LogP contribution is 2.40. The van der Waals surface area contributed by atoms with E-state index in [1.165, 1.54) is 0 Å². The predicted molar refractivity (Wildman–Crippen MR) is 124 cm³/mol. The van der Waals surface area contributed by atoms with E-state index in [4.69, 9.17) is 10.5 Å². The molecule has 3 aromatic rings. The van der Waals surface area contributed by atoms with Crippen LogP contribution in [-0.2, 0) is 9.53 Å². The molecule has 2 aromatic carbocycles. The summed E-state index contributed by atoms with van der Waals surface area (Å²) in [6.07, 6.45) is 1.37. The van der Waals surface area contributed by atoms with Gasteiger partial charge in [0.15, 0.2) is 0 Å². The highest BCUT2D eigenvalue weighted by atomic mass is 16.5. The van der Waals surface area contributed by atoms with Crippen molar-refractivity contribution in [3.05, 3.63) is 89.0 Å². The van der Waals surface area contributed by atoms with Gasteiger partial charge in [-0.25, -0.2) is 4.79 Å². The first-order valence-electron chi connectivity index (χ1n) is 10.4. The molecule has 0 bridgehead atoms. The SMILES string of the molecule is CC1=C(C#N)[C@@H](c2ccnc3ccc(-c4ccccc4)cc23)C(C(=O)OC(C)C)=C(N)N1. The number of hydrogen-bond donors (Lipinski definition) is 2. The second-order valence-corrected chi connectivity index (χ2v) is 7.99. The molecule has 1 aromatic heterocycles. The van der Waals surface area contributed by atoms with Crippen LogP contribution in [0, 0.1) is 11.3 Å². The van der Waals surface area contributed by atoms with Crippen LogP contribution in [0.2, 0.25) is 0 Å². The highest BCUT2D eigenvalue weighted by molar-refractivity contribution is 5.96. The van der Waals surface area contributed by atoms with Gasteiger partial charge in [0.1, 0.15) is 5.82 Å². The predicted octanol–water partition coefficient (Wildman–Crippen LogP) is 4.51. The van der Waals surface area contributed by atoms with E-state index < -0.39 is 11.9 Å². The first-order valence-corrected chi connectivity index (χ1v) is 10.4. The van der Waals surface area contributed by atoms with Gasteiger partial charge in [-0.2, -0.15) is 5.26 Å². The lowest BCUT2D eigenvalue weighted by Gasteiger charge is -2.29. The largest absolute Gasteiger partial charge is 0.459 e. The quantitative estimate of drug-likeness (QED) is 0.598. The van der Waals surface area contributed by atoms with Crippen LogP contribution in [0.5, 0.6) is 0 Å². The zero-order valence-corrected chi connectivity index (χ0v) is 18.2. The lowest BCUT2D eigenvalue weighted by Crippen LogP contribution is -2.34. The van der Waals surface area contributed by atoms with Crippen LogP contribution in [-0.4, -0.2) is 17.1 Å². The summed E-state index contributed by atoms with van der Waals surface area (Å²) in [4.78, 5) is 17.5. The molecule has 32 heavy (non-hydrogen) atoms. The normalized spacial score (nSPS) is 16.2. The molecular formula is C26H24N4O2. The first-order chi connectivity index (χ1) is 15.4. The van der Waals surface area contributed by atoms with Crippen LogP contribution >= 0.6 is 0 Å². The Morgan fingerprint density at radius 1 is 1.16 bits per heavy atom. The summed E-state index contributed by atoms with van der Waals surface area (Å²) in [6, 6.07) is 20.1. The second-order valence-electron chi connectivity index (χ2n) is 7.99. The molecule has 0 amide bonds. The molecule has 0 saturated heterocycles. The molecule has 3 N–H and O–H groups in total. The van der Waals surface area contributed by atoms with Crippen LogP contribution in [0.4, 0.5) is 0 Å². The van der Waals surface area contributed by atoms with Gasteiger partial charge in [-0.1, -0.05) is 36.4 Å². The van der Waals surface area contributed by atoms with Crippen LogP contribution < -0.4 is 11.1 Å². The van der Waals surface area contributed by atoms with Gasteiger partial charge in [-0.05, 0) is 55.7 Å². The Labute approximate surface area is 187 Å². The summed E-state index contributed by atoms with van der Waals surface area (Å²) in [6.45, 7) is 5.34. The van der Waals surface area contributed by atoms with E-state index >= 15 is 0 Å². The zero-order valence-electron chi connectivity index (χ0n) is 18.2. The van der Waals surface area contributed by atoms with Crippen molar-refractivity contribution in [2.24, 2.45) is 5.73 Å². The molecule has 6 heteroatoms. The Hall–Kier alpha value is -4.11. The van der Waals surface area contributed by atoms with Gasteiger partial charge >= 0.3 is 5.97 Å². The molecule has 1 aliphatic heterocycles. The molecule has 0 unspecified atom stereocenters. The zero-order chi connectivity index (χ0) is 22.8. The molecule has 6 nitrogen and oxygen atoms in total. The van der Waals surface area contributed by atoms with E-state index in [9.17, 15) is 10.1 Å². The number of nitrogens with one attached hydrogen (secondary N) is 1. The fourth-order valence-electron chi connectivity index (χ4n) is 4.05. The molecular weight excluding hydrogens is 400 g/mol. The van der Waals surface area contributed by atoms with E-state index in [2.05, 4.69) is 16.4 Å². The first kappa shape index (κ1) is 21.1. The van der Waals surface area contributed by atoms with E-state index in [1.54, 1.807) is 27.0 Å². The Bertz CT molecular complexity index is 1300. The maximum atomic E-state index is 13.0. The number of carbonyl (C=O) groups excluding carboxylic acids is 1. The maximum absolute atomic E-state index is 13.0. The van der Waals surface area contributed by atoms with Gasteiger partial charge < -0.3 is 15.8 Å².